The van der Waals surface area contributed by atoms with Crippen LogP contribution in [0.25, 0.3) is 0 Å². The van der Waals surface area contributed by atoms with Crippen molar-refractivity contribution in [2.75, 3.05) is 0 Å². The van der Waals surface area contributed by atoms with E-state index in [9.17, 15) is 10.1 Å². The van der Waals surface area contributed by atoms with Crippen LogP contribution in [0.1, 0.15) is 5.69 Å². The Hall–Kier alpha value is -1.54. The summed E-state index contributed by atoms with van der Waals surface area (Å²) in [5.41, 5.74) is 0.689. The second kappa shape index (κ2) is 3.91. The van der Waals surface area contributed by atoms with E-state index in [1.165, 1.54) is 22.4 Å². The molecule has 0 N–H and O–H groups in total. The molecule has 0 aliphatic rings. The molecule has 0 bridgehead atoms. The molecule has 0 aliphatic heterocycles. The molecule has 0 atom stereocenters. The summed E-state index contributed by atoms with van der Waals surface area (Å²) in [5.74, 6) is -0.347. The van der Waals surface area contributed by atoms with Gasteiger partial charge in [-0.25, -0.2) is 0 Å². The molecule has 0 fully saturated rings. The Kier molecular flexibility index (Phi) is 2.60. The molecule has 9 heteroatoms. The molecule has 0 aliphatic carbocycles. The molecule has 0 aromatic carbocycles. The van der Waals surface area contributed by atoms with E-state index in [-0.39, 0.29) is 10.8 Å². The first kappa shape index (κ1) is 9.99. The van der Waals surface area contributed by atoms with Crippen molar-refractivity contribution in [3.05, 3.63) is 32.4 Å². The molecule has 2 heterocycles. The Morgan fingerprint density at radius 3 is 3.00 bits per heavy atom. The molecule has 0 unspecified atom stereocenters. The zero-order valence-corrected chi connectivity index (χ0v) is 8.77. The summed E-state index contributed by atoms with van der Waals surface area (Å²) in [5, 5.41) is 19.7. The highest BCUT2D eigenvalue weighted by Crippen LogP contribution is 2.21. The molecule has 0 spiro atoms. The van der Waals surface area contributed by atoms with Crippen LogP contribution in [0.2, 0.25) is 5.02 Å². The van der Waals surface area contributed by atoms with Crippen molar-refractivity contribution < 1.29 is 4.92 Å². The van der Waals surface area contributed by atoms with Gasteiger partial charge >= 0.3 is 5.82 Å². The van der Waals surface area contributed by atoms with E-state index in [2.05, 4.69) is 14.7 Å². The second-order valence-electron chi connectivity index (χ2n) is 2.65. The van der Waals surface area contributed by atoms with E-state index < -0.39 is 4.92 Å². The maximum Gasteiger partial charge on any atom is 0.408 e. The van der Waals surface area contributed by atoms with E-state index >= 15 is 0 Å². The highest BCUT2D eigenvalue weighted by molar-refractivity contribution is 7.03. The van der Waals surface area contributed by atoms with Crippen LogP contribution >= 0.6 is 23.1 Å². The van der Waals surface area contributed by atoms with E-state index in [4.69, 9.17) is 11.6 Å². The minimum atomic E-state index is -0.627. The van der Waals surface area contributed by atoms with Gasteiger partial charge in [-0.2, -0.15) is 4.68 Å². The SMILES string of the molecule is O=[N+]([O-])c1nn(Cc2csnn2)cc1Cl. The summed E-state index contributed by atoms with van der Waals surface area (Å²) >= 11 is 6.83. The highest BCUT2D eigenvalue weighted by Gasteiger charge is 2.19. The fraction of sp³-hybridized carbons (Fsp3) is 0.167. The maximum atomic E-state index is 10.5. The molecule has 15 heavy (non-hydrogen) atoms. The molecule has 0 amide bonds. The van der Waals surface area contributed by atoms with Crippen LogP contribution in [-0.2, 0) is 6.54 Å². The molecule has 2 rings (SSSR count). The lowest BCUT2D eigenvalue weighted by atomic mass is 10.5. The van der Waals surface area contributed by atoms with Crippen LogP contribution in [0, 0.1) is 10.1 Å². The largest absolute Gasteiger partial charge is 0.408 e. The first-order chi connectivity index (χ1) is 7.16. The third-order valence-corrected chi connectivity index (χ3v) is 2.42. The Bertz CT molecular complexity index is 482. The van der Waals surface area contributed by atoms with Gasteiger partial charge in [0.05, 0.1) is 17.0 Å². The topological polar surface area (TPSA) is 86.7 Å². The number of hydrogen-bond donors (Lipinski definition) is 0. The van der Waals surface area contributed by atoms with Gasteiger partial charge in [0.15, 0.2) is 5.02 Å². The molecule has 78 valence electrons. The molecular weight excluding hydrogens is 242 g/mol. The summed E-state index contributed by atoms with van der Waals surface area (Å²) in [7, 11) is 0. The van der Waals surface area contributed by atoms with Crippen LogP contribution in [-0.4, -0.2) is 24.3 Å². The van der Waals surface area contributed by atoms with Gasteiger partial charge in [-0.3, -0.25) is 0 Å². The number of halogens is 1. The summed E-state index contributed by atoms with van der Waals surface area (Å²) in [6, 6.07) is 0. The van der Waals surface area contributed by atoms with Crippen LogP contribution in [0.15, 0.2) is 11.6 Å². The van der Waals surface area contributed by atoms with E-state index in [1.807, 2.05) is 0 Å². The van der Waals surface area contributed by atoms with Gasteiger partial charge in [-0.15, -0.1) is 5.10 Å². The van der Waals surface area contributed by atoms with Crippen LogP contribution in [0.3, 0.4) is 0 Å². The average Bonchev–Trinajstić information content (AvgIpc) is 2.75. The molecule has 0 saturated heterocycles. The fourth-order valence-electron chi connectivity index (χ4n) is 1.01. The molecule has 2 aromatic heterocycles. The summed E-state index contributed by atoms with van der Waals surface area (Å²) in [6.07, 6.45) is 1.39. The lowest BCUT2D eigenvalue weighted by Crippen LogP contribution is -2.01. The molecule has 7 nitrogen and oxygen atoms in total. The van der Waals surface area contributed by atoms with Crippen molar-refractivity contribution in [2.45, 2.75) is 6.54 Å². The van der Waals surface area contributed by atoms with Gasteiger partial charge in [-0.1, -0.05) is 16.1 Å². The minimum absolute atomic E-state index is 0.0168. The van der Waals surface area contributed by atoms with Crippen molar-refractivity contribution in [2.24, 2.45) is 0 Å². The number of nitrogens with zero attached hydrogens (tertiary/aromatic N) is 5. The van der Waals surface area contributed by atoms with Crippen molar-refractivity contribution >= 4 is 29.0 Å². The maximum absolute atomic E-state index is 10.5. The van der Waals surface area contributed by atoms with Gasteiger partial charge in [0.1, 0.15) is 6.54 Å². The quantitative estimate of drug-likeness (QED) is 0.602. The summed E-state index contributed by atoms with van der Waals surface area (Å²) < 4.78 is 5.02. The van der Waals surface area contributed by atoms with E-state index in [0.29, 0.717) is 12.2 Å². The van der Waals surface area contributed by atoms with Gasteiger partial charge in [0.2, 0.25) is 0 Å². The Balaban J connectivity index is 2.23. The molecular formula is C6H4ClN5O2S. The minimum Gasteiger partial charge on any atom is -0.358 e. The first-order valence-corrected chi connectivity index (χ1v) is 5.01. The lowest BCUT2D eigenvalue weighted by Gasteiger charge is -1.89. The molecule has 0 saturated carbocycles. The van der Waals surface area contributed by atoms with Gasteiger partial charge in [-0.05, 0) is 16.5 Å². The standard InChI is InChI=1S/C6H4ClN5O2S/c7-5-2-11(9-6(5)12(13)14)1-4-3-15-10-8-4/h2-3H,1H2. The van der Waals surface area contributed by atoms with Gasteiger partial charge in [0, 0.05) is 5.38 Å². The van der Waals surface area contributed by atoms with Crippen LogP contribution in [0.4, 0.5) is 5.82 Å². The number of rotatable bonds is 3. The highest BCUT2D eigenvalue weighted by atomic mass is 35.5. The van der Waals surface area contributed by atoms with E-state index in [1.54, 1.807) is 5.38 Å². The zero-order chi connectivity index (χ0) is 10.8. The van der Waals surface area contributed by atoms with E-state index in [0.717, 1.165) is 0 Å². The van der Waals surface area contributed by atoms with Gasteiger partial charge in [0.25, 0.3) is 0 Å². The second-order valence-corrected chi connectivity index (χ2v) is 3.67. The average molecular weight is 246 g/mol. The number of nitro groups is 1. The Morgan fingerprint density at radius 2 is 2.47 bits per heavy atom. The number of hydrogen-bond acceptors (Lipinski definition) is 6. The van der Waals surface area contributed by atoms with Crippen molar-refractivity contribution in [3.63, 3.8) is 0 Å². The third kappa shape index (κ3) is 2.10. The monoisotopic (exact) mass is 245 g/mol. The molecule has 0 radical (unpaired) electrons. The Labute approximate surface area is 92.6 Å². The van der Waals surface area contributed by atoms with Crippen molar-refractivity contribution in [1.82, 2.24) is 19.4 Å². The normalized spacial score (nSPS) is 10.5. The summed E-state index contributed by atoms with van der Waals surface area (Å²) in [4.78, 5) is 9.83. The van der Waals surface area contributed by atoms with Crippen molar-refractivity contribution in [3.8, 4) is 0 Å². The third-order valence-electron chi connectivity index (χ3n) is 1.60. The lowest BCUT2D eigenvalue weighted by molar-refractivity contribution is -0.389. The summed E-state index contributed by atoms with van der Waals surface area (Å²) in [6.45, 7) is 0.323. The number of aromatic nitrogens is 4. The van der Waals surface area contributed by atoms with Gasteiger partial charge < -0.3 is 10.1 Å². The molecule has 2 aromatic rings. The zero-order valence-electron chi connectivity index (χ0n) is 7.20. The fourth-order valence-corrected chi connectivity index (χ4v) is 1.67. The van der Waals surface area contributed by atoms with Crippen LogP contribution in [0.5, 0.6) is 0 Å². The predicted molar refractivity (Wildman–Crippen MR) is 52.9 cm³/mol. The predicted octanol–water partition coefficient (Wildman–Crippen LogP) is 1.34. The smallest absolute Gasteiger partial charge is 0.358 e. The first-order valence-electron chi connectivity index (χ1n) is 3.80. The van der Waals surface area contributed by atoms with Crippen molar-refractivity contribution in [1.29, 1.82) is 0 Å². The van der Waals surface area contributed by atoms with Crippen LogP contribution < -0.4 is 0 Å². The Morgan fingerprint density at radius 1 is 1.67 bits per heavy atom.